The van der Waals surface area contributed by atoms with E-state index in [1.54, 1.807) is 38.3 Å². The van der Waals surface area contributed by atoms with Gasteiger partial charge in [-0.15, -0.1) is 0 Å². The number of esters is 2. The highest BCUT2D eigenvalue weighted by molar-refractivity contribution is 5.91. The smallest absolute Gasteiger partial charge is 0.317 e. The van der Waals surface area contributed by atoms with Crippen molar-refractivity contribution >= 4 is 22.9 Å². The van der Waals surface area contributed by atoms with Crippen LogP contribution in [-0.4, -0.2) is 78.3 Å². The molecule has 208 valence electrons. The average molecular weight is 545 g/mol. The van der Waals surface area contributed by atoms with Crippen LogP contribution in [0, 0.1) is 0 Å². The van der Waals surface area contributed by atoms with Crippen LogP contribution in [0.1, 0.15) is 13.3 Å². The number of carbonyl (C=O) groups is 2. The van der Waals surface area contributed by atoms with Gasteiger partial charge in [0.05, 0.1) is 24.7 Å². The van der Waals surface area contributed by atoms with Gasteiger partial charge in [0, 0.05) is 6.07 Å². The van der Waals surface area contributed by atoms with Crippen LogP contribution in [0.3, 0.4) is 0 Å². The lowest BCUT2D eigenvalue weighted by molar-refractivity contribution is -0.278. The topological polar surface area (TPSA) is 171 Å². The Hall–Kier alpha value is -3.97. The first-order chi connectivity index (χ1) is 18.7. The molecule has 12 nitrogen and oxygen atoms in total. The SMILES string of the molecule is CCOC(=O)CC(=O)OC[C@H]1O[C@@H](Oc2ccc3c(=O)c(-c4ccc(OC)cc4)coc3c2)[C@H](O)[C@@H](O)[C@H]1O. The molecular weight excluding hydrogens is 516 g/mol. The van der Waals surface area contributed by atoms with Gasteiger partial charge in [-0.2, -0.15) is 0 Å². The lowest BCUT2D eigenvalue weighted by Crippen LogP contribution is -2.60. The van der Waals surface area contributed by atoms with Gasteiger partial charge in [-0.05, 0) is 36.8 Å². The van der Waals surface area contributed by atoms with E-state index in [1.165, 1.54) is 24.5 Å². The van der Waals surface area contributed by atoms with Crippen LogP contribution < -0.4 is 14.9 Å². The monoisotopic (exact) mass is 544 g/mol. The van der Waals surface area contributed by atoms with Crippen molar-refractivity contribution in [3.05, 3.63) is 59.0 Å². The van der Waals surface area contributed by atoms with Gasteiger partial charge >= 0.3 is 11.9 Å². The minimum absolute atomic E-state index is 0.0989. The fourth-order valence-electron chi connectivity index (χ4n) is 3.99. The van der Waals surface area contributed by atoms with Crippen molar-refractivity contribution in [1.29, 1.82) is 0 Å². The van der Waals surface area contributed by atoms with E-state index in [1.807, 2.05) is 0 Å². The molecule has 12 heteroatoms. The molecule has 1 aliphatic heterocycles. The molecule has 39 heavy (non-hydrogen) atoms. The molecule has 0 amide bonds. The second kappa shape index (κ2) is 12.3. The summed E-state index contributed by atoms with van der Waals surface area (Å²) in [4.78, 5) is 36.3. The summed E-state index contributed by atoms with van der Waals surface area (Å²) in [5, 5.41) is 31.2. The van der Waals surface area contributed by atoms with E-state index < -0.39 is 55.7 Å². The maximum atomic E-state index is 13.1. The highest BCUT2D eigenvalue weighted by atomic mass is 16.7. The van der Waals surface area contributed by atoms with E-state index in [9.17, 15) is 29.7 Å². The van der Waals surface area contributed by atoms with E-state index in [4.69, 9.17) is 23.4 Å². The fraction of sp³-hybridized carbons (Fsp3) is 0.370. The van der Waals surface area contributed by atoms with Crippen LogP contribution in [0.15, 0.2) is 57.9 Å². The average Bonchev–Trinajstić information content (AvgIpc) is 2.93. The number of hydrogen-bond donors (Lipinski definition) is 3. The van der Waals surface area contributed by atoms with Crippen LogP contribution in [-0.2, 0) is 23.8 Å². The molecule has 2 heterocycles. The summed E-state index contributed by atoms with van der Waals surface area (Å²) < 4.78 is 31.6. The Balaban J connectivity index is 1.47. The first-order valence-electron chi connectivity index (χ1n) is 12.1. The van der Waals surface area contributed by atoms with Gasteiger partial charge in [0.2, 0.25) is 6.29 Å². The Morgan fingerprint density at radius 1 is 0.923 bits per heavy atom. The number of methoxy groups -OCH3 is 1. The molecule has 1 saturated heterocycles. The van der Waals surface area contributed by atoms with Crippen LogP contribution >= 0.6 is 0 Å². The number of benzene rings is 2. The lowest BCUT2D eigenvalue weighted by Gasteiger charge is -2.39. The largest absolute Gasteiger partial charge is 0.497 e. The summed E-state index contributed by atoms with van der Waals surface area (Å²) in [6.07, 6.45) is -7.02. The van der Waals surface area contributed by atoms with E-state index in [0.29, 0.717) is 16.9 Å². The van der Waals surface area contributed by atoms with Crippen molar-refractivity contribution in [3.63, 3.8) is 0 Å². The molecule has 0 saturated carbocycles. The van der Waals surface area contributed by atoms with Crippen molar-refractivity contribution in [1.82, 2.24) is 0 Å². The van der Waals surface area contributed by atoms with Gasteiger partial charge in [-0.25, -0.2) is 0 Å². The summed E-state index contributed by atoms with van der Waals surface area (Å²) in [7, 11) is 1.54. The molecular formula is C27H28O12. The van der Waals surface area contributed by atoms with E-state index in [-0.39, 0.29) is 28.8 Å². The Labute approximate surface area is 222 Å². The third kappa shape index (κ3) is 6.37. The summed E-state index contributed by atoms with van der Waals surface area (Å²) in [5.74, 6) is -0.912. The molecule has 0 aliphatic carbocycles. The predicted molar refractivity (Wildman–Crippen MR) is 134 cm³/mol. The Morgan fingerprint density at radius 2 is 1.62 bits per heavy atom. The van der Waals surface area contributed by atoms with Crippen LogP contribution in [0.5, 0.6) is 11.5 Å². The zero-order valence-corrected chi connectivity index (χ0v) is 21.1. The highest BCUT2D eigenvalue weighted by Gasteiger charge is 2.45. The first-order valence-corrected chi connectivity index (χ1v) is 12.1. The lowest BCUT2D eigenvalue weighted by atomic mass is 9.99. The number of aliphatic hydroxyl groups is 3. The molecule has 3 aromatic rings. The fourth-order valence-corrected chi connectivity index (χ4v) is 3.99. The number of aliphatic hydroxyl groups excluding tert-OH is 3. The van der Waals surface area contributed by atoms with Crippen molar-refractivity contribution in [2.45, 2.75) is 44.1 Å². The van der Waals surface area contributed by atoms with E-state index in [2.05, 4.69) is 4.74 Å². The molecule has 0 unspecified atom stereocenters. The summed E-state index contributed by atoms with van der Waals surface area (Å²) >= 11 is 0. The molecule has 1 aliphatic rings. The number of ether oxygens (including phenoxy) is 5. The highest BCUT2D eigenvalue weighted by Crippen LogP contribution is 2.28. The zero-order valence-electron chi connectivity index (χ0n) is 21.1. The maximum Gasteiger partial charge on any atom is 0.317 e. The van der Waals surface area contributed by atoms with Gasteiger partial charge in [0.15, 0.2) is 5.43 Å². The van der Waals surface area contributed by atoms with Gasteiger partial charge in [-0.3, -0.25) is 14.4 Å². The molecule has 3 N–H and O–H groups in total. The van der Waals surface area contributed by atoms with E-state index >= 15 is 0 Å². The van der Waals surface area contributed by atoms with Gasteiger partial charge < -0.3 is 43.4 Å². The standard InChI is InChI=1S/C27H28O12/c1-3-35-21(28)11-22(29)37-13-20-24(31)25(32)26(33)27(39-20)38-16-8-9-17-19(10-16)36-12-18(23(17)30)14-4-6-15(34-2)7-5-14/h4-10,12,20,24-27,31-33H,3,11,13H2,1-2H3/t20-,24+,25+,26-,27-/m1/s1. The summed E-state index contributed by atoms with van der Waals surface area (Å²) in [6.45, 7) is 1.16. The number of hydrogen-bond acceptors (Lipinski definition) is 12. The normalized spacial score (nSPS) is 22.7. The molecule has 1 fully saturated rings. The Morgan fingerprint density at radius 3 is 2.31 bits per heavy atom. The van der Waals surface area contributed by atoms with Crippen molar-refractivity contribution in [2.24, 2.45) is 0 Å². The second-order valence-corrected chi connectivity index (χ2v) is 8.66. The summed E-state index contributed by atoms with van der Waals surface area (Å²) in [6, 6.07) is 11.3. The quantitative estimate of drug-likeness (QED) is 0.260. The predicted octanol–water partition coefficient (Wildman–Crippen LogP) is 1.15. The number of rotatable bonds is 9. The van der Waals surface area contributed by atoms with Crippen LogP contribution in [0.2, 0.25) is 0 Å². The molecule has 2 aromatic carbocycles. The molecule has 0 radical (unpaired) electrons. The molecule has 5 atom stereocenters. The molecule has 0 spiro atoms. The van der Waals surface area contributed by atoms with Gasteiger partial charge in [-0.1, -0.05) is 12.1 Å². The second-order valence-electron chi connectivity index (χ2n) is 8.66. The van der Waals surface area contributed by atoms with Crippen molar-refractivity contribution in [2.75, 3.05) is 20.3 Å². The van der Waals surface area contributed by atoms with Gasteiger partial charge in [0.1, 0.15) is 60.8 Å². The van der Waals surface area contributed by atoms with Gasteiger partial charge in [0.25, 0.3) is 0 Å². The third-order valence-electron chi connectivity index (χ3n) is 6.07. The third-order valence-corrected chi connectivity index (χ3v) is 6.07. The molecule has 4 rings (SSSR count). The van der Waals surface area contributed by atoms with E-state index in [0.717, 1.165) is 0 Å². The first kappa shape index (κ1) is 28.0. The zero-order chi connectivity index (χ0) is 28.1. The minimum atomic E-state index is -1.69. The minimum Gasteiger partial charge on any atom is -0.497 e. The maximum absolute atomic E-state index is 13.1. The van der Waals surface area contributed by atoms with Crippen molar-refractivity contribution < 1.29 is 53.0 Å². The molecule has 0 bridgehead atoms. The Kier molecular flexibility index (Phi) is 8.82. The van der Waals surface area contributed by atoms with Crippen LogP contribution in [0.4, 0.5) is 0 Å². The molecule has 1 aromatic heterocycles. The van der Waals surface area contributed by atoms with Crippen molar-refractivity contribution in [3.8, 4) is 22.6 Å². The summed E-state index contributed by atoms with van der Waals surface area (Å²) in [5.41, 5.74) is 0.921. The van der Waals surface area contributed by atoms with Crippen LogP contribution in [0.25, 0.3) is 22.1 Å². The number of carbonyl (C=O) groups excluding carboxylic acids is 2. The number of fused-ring (bicyclic) bond motifs is 1. The Bertz CT molecular complexity index is 1370.